The van der Waals surface area contributed by atoms with Crippen molar-refractivity contribution in [1.29, 1.82) is 0 Å². The van der Waals surface area contributed by atoms with E-state index in [-0.39, 0.29) is 12.5 Å². The molecular formula is C26H24FN7O2. The van der Waals surface area contributed by atoms with Crippen LogP contribution in [0.1, 0.15) is 36.8 Å². The Kier molecular flexibility index (Phi) is 6.16. The summed E-state index contributed by atoms with van der Waals surface area (Å²) in [7, 11) is 0. The summed E-state index contributed by atoms with van der Waals surface area (Å²) in [6.45, 7) is 6.11. The van der Waals surface area contributed by atoms with Gasteiger partial charge < -0.3 is 15.2 Å². The predicted molar refractivity (Wildman–Crippen MR) is 133 cm³/mol. The standard InChI is InChI=1S/C26H24FN7O2/c1-15(2)23-24-25(26(28)32-14-31-24)34(33-23)19-4-6-20(7-5-19)36-22-9-18(27)8-21(10-22)35-13-17-11-29-16(3)30-12-17/h4-12,14-15H,13H2,1-3H3,(H2,28,31,32). The van der Waals surface area contributed by atoms with Gasteiger partial charge in [-0.25, -0.2) is 29.0 Å². The zero-order valence-corrected chi connectivity index (χ0v) is 20.0. The highest BCUT2D eigenvalue weighted by Crippen LogP contribution is 2.31. The molecule has 0 aliphatic heterocycles. The molecule has 0 radical (unpaired) electrons. The van der Waals surface area contributed by atoms with Gasteiger partial charge in [0.1, 0.15) is 52.9 Å². The van der Waals surface area contributed by atoms with E-state index in [1.165, 1.54) is 18.5 Å². The Bertz CT molecular complexity index is 1520. The third-order valence-electron chi connectivity index (χ3n) is 5.46. The molecule has 2 N–H and O–H groups in total. The molecule has 3 heterocycles. The molecule has 9 nitrogen and oxygen atoms in total. The average molecular weight is 486 g/mol. The Morgan fingerprint density at radius 1 is 0.944 bits per heavy atom. The molecule has 0 spiro atoms. The van der Waals surface area contributed by atoms with Gasteiger partial charge in [0.25, 0.3) is 0 Å². The topological polar surface area (TPSA) is 114 Å². The van der Waals surface area contributed by atoms with Crippen molar-refractivity contribution in [2.45, 2.75) is 33.3 Å². The van der Waals surface area contributed by atoms with Crippen LogP contribution in [0.2, 0.25) is 0 Å². The lowest BCUT2D eigenvalue weighted by Gasteiger charge is -2.11. The Hall–Kier alpha value is -4.60. The quantitative estimate of drug-likeness (QED) is 0.337. The lowest BCUT2D eigenvalue weighted by molar-refractivity contribution is 0.301. The summed E-state index contributed by atoms with van der Waals surface area (Å²) in [5.74, 6) is 1.87. The molecule has 0 bridgehead atoms. The van der Waals surface area contributed by atoms with Crippen LogP contribution < -0.4 is 15.2 Å². The maximum atomic E-state index is 14.2. The van der Waals surface area contributed by atoms with Crippen molar-refractivity contribution in [2.75, 3.05) is 5.73 Å². The van der Waals surface area contributed by atoms with E-state index >= 15 is 0 Å². The molecule has 36 heavy (non-hydrogen) atoms. The second kappa shape index (κ2) is 9.57. The number of anilines is 1. The Labute approximate surface area is 206 Å². The second-order valence-corrected chi connectivity index (χ2v) is 8.55. The number of nitrogens with zero attached hydrogens (tertiary/aromatic N) is 6. The number of rotatable bonds is 7. The molecule has 0 fully saturated rings. The van der Waals surface area contributed by atoms with E-state index in [0.717, 1.165) is 22.5 Å². The minimum absolute atomic E-state index is 0.161. The van der Waals surface area contributed by atoms with Gasteiger partial charge >= 0.3 is 0 Å². The zero-order valence-electron chi connectivity index (χ0n) is 20.0. The third kappa shape index (κ3) is 4.78. The molecule has 0 saturated heterocycles. The molecule has 0 unspecified atom stereocenters. The molecule has 0 atom stereocenters. The number of fused-ring (bicyclic) bond motifs is 1. The van der Waals surface area contributed by atoms with Crippen molar-refractivity contribution < 1.29 is 13.9 Å². The third-order valence-corrected chi connectivity index (χ3v) is 5.46. The van der Waals surface area contributed by atoms with Gasteiger partial charge in [-0.15, -0.1) is 0 Å². The van der Waals surface area contributed by atoms with Gasteiger partial charge in [-0.1, -0.05) is 13.8 Å². The molecule has 5 aromatic rings. The van der Waals surface area contributed by atoms with Gasteiger partial charge in [-0.2, -0.15) is 5.10 Å². The molecule has 0 amide bonds. The van der Waals surface area contributed by atoms with E-state index in [1.54, 1.807) is 42.2 Å². The molecule has 3 aromatic heterocycles. The Morgan fingerprint density at radius 2 is 1.67 bits per heavy atom. The fourth-order valence-corrected chi connectivity index (χ4v) is 3.70. The van der Waals surface area contributed by atoms with Crippen LogP contribution >= 0.6 is 0 Å². The number of aromatic nitrogens is 6. The Morgan fingerprint density at radius 3 is 2.39 bits per heavy atom. The molecule has 5 rings (SSSR count). The van der Waals surface area contributed by atoms with E-state index in [4.69, 9.17) is 20.3 Å². The number of aryl methyl sites for hydroxylation is 1. The largest absolute Gasteiger partial charge is 0.489 e. The van der Waals surface area contributed by atoms with Crippen LogP contribution in [-0.2, 0) is 6.61 Å². The molecule has 2 aromatic carbocycles. The van der Waals surface area contributed by atoms with Crippen LogP contribution in [0.3, 0.4) is 0 Å². The first-order chi connectivity index (χ1) is 17.4. The fourth-order valence-electron chi connectivity index (χ4n) is 3.70. The van der Waals surface area contributed by atoms with Gasteiger partial charge in [0.15, 0.2) is 5.82 Å². The molecule has 0 aliphatic carbocycles. The van der Waals surface area contributed by atoms with Crippen LogP contribution in [0.15, 0.2) is 61.2 Å². The van der Waals surface area contributed by atoms with Gasteiger partial charge in [0.2, 0.25) is 0 Å². The summed E-state index contributed by atoms with van der Waals surface area (Å²) >= 11 is 0. The van der Waals surface area contributed by atoms with Crippen molar-refractivity contribution in [3.05, 3.63) is 84.1 Å². The molecule has 10 heteroatoms. The number of hydrogen-bond donors (Lipinski definition) is 1. The van der Waals surface area contributed by atoms with Crippen molar-refractivity contribution in [3.8, 4) is 22.9 Å². The highest BCUT2D eigenvalue weighted by molar-refractivity contribution is 5.88. The number of hydrogen-bond acceptors (Lipinski definition) is 8. The summed E-state index contributed by atoms with van der Waals surface area (Å²) in [5.41, 5.74) is 9.91. The van der Waals surface area contributed by atoms with Crippen molar-refractivity contribution >= 4 is 16.9 Å². The predicted octanol–water partition coefficient (Wildman–Crippen LogP) is 5.13. The van der Waals surface area contributed by atoms with Crippen LogP contribution in [0, 0.1) is 12.7 Å². The van der Waals surface area contributed by atoms with E-state index in [9.17, 15) is 4.39 Å². The van der Waals surface area contributed by atoms with Gasteiger partial charge in [-0.05, 0) is 37.1 Å². The van der Waals surface area contributed by atoms with E-state index in [1.807, 2.05) is 26.0 Å². The first-order valence-electron chi connectivity index (χ1n) is 11.4. The molecular weight excluding hydrogens is 461 g/mol. The normalized spacial score (nSPS) is 11.2. The monoisotopic (exact) mass is 485 g/mol. The average Bonchev–Trinajstić information content (AvgIpc) is 3.25. The summed E-state index contributed by atoms with van der Waals surface area (Å²) in [4.78, 5) is 16.8. The van der Waals surface area contributed by atoms with Crippen LogP contribution in [0.25, 0.3) is 16.7 Å². The van der Waals surface area contributed by atoms with Crippen molar-refractivity contribution in [2.24, 2.45) is 0 Å². The summed E-state index contributed by atoms with van der Waals surface area (Å²) in [6, 6.07) is 11.4. The zero-order chi connectivity index (χ0) is 25.2. The van der Waals surface area contributed by atoms with E-state index in [2.05, 4.69) is 19.9 Å². The lowest BCUT2D eigenvalue weighted by Crippen LogP contribution is -2.01. The van der Waals surface area contributed by atoms with Crippen molar-refractivity contribution in [1.82, 2.24) is 29.7 Å². The van der Waals surface area contributed by atoms with E-state index in [0.29, 0.717) is 34.4 Å². The summed E-state index contributed by atoms with van der Waals surface area (Å²) < 4.78 is 27.6. The molecule has 0 saturated carbocycles. The molecule has 182 valence electrons. The highest BCUT2D eigenvalue weighted by Gasteiger charge is 2.18. The fraction of sp³-hybridized carbons (Fsp3) is 0.192. The number of benzene rings is 2. The first kappa shape index (κ1) is 23.2. The molecule has 0 aliphatic rings. The SMILES string of the molecule is Cc1ncc(COc2cc(F)cc(Oc3ccc(-n4nc(C(C)C)c5ncnc(N)c54)cc3)c2)cn1. The number of halogens is 1. The highest BCUT2D eigenvalue weighted by atomic mass is 19.1. The maximum Gasteiger partial charge on any atom is 0.153 e. The lowest BCUT2D eigenvalue weighted by atomic mass is 10.1. The van der Waals surface area contributed by atoms with Gasteiger partial charge in [0, 0.05) is 36.2 Å². The summed E-state index contributed by atoms with van der Waals surface area (Å²) in [5, 5.41) is 4.73. The number of nitrogens with two attached hydrogens (primary N) is 1. The van der Waals surface area contributed by atoms with Gasteiger partial charge in [-0.3, -0.25) is 0 Å². The first-order valence-corrected chi connectivity index (χ1v) is 11.4. The van der Waals surface area contributed by atoms with Gasteiger partial charge in [0.05, 0.1) is 11.4 Å². The maximum absolute atomic E-state index is 14.2. The Balaban J connectivity index is 1.36. The minimum atomic E-state index is -0.473. The van der Waals surface area contributed by atoms with Crippen LogP contribution in [0.4, 0.5) is 10.2 Å². The summed E-state index contributed by atoms with van der Waals surface area (Å²) in [6.07, 6.45) is 4.79. The number of nitrogen functional groups attached to an aromatic ring is 1. The number of ether oxygens (including phenoxy) is 2. The second-order valence-electron chi connectivity index (χ2n) is 8.55. The smallest absolute Gasteiger partial charge is 0.153 e. The van der Waals surface area contributed by atoms with Crippen LogP contribution in [0.5, 0.6) is 17.2 Å². The van der Waals surface area contributed by atoms with Crippen molar-refractivity contribution in [3.63, 3.8) is 0 Å². The van der Waals surface area contributed by atoms with Crippen LogP contribution in [-0.4, -0.2) is 29.7 Å². The minimum Gasteiger partial charge on any atom is -0.489 e. The van der Waals surface area contributed by atoms with E-state index < -0.39 is 5.82 Å².